The van der Waals surface area contributed by atoms with Gasteiger partial charge < -0.3 is 5.32 Å². The summed E-state index contributed by atoms with van der Waals surface area (Å²) in [5.74, 6) is -0.646. The first-order valence-electron chi connectivity index (χ1n) is 8.17. The lowest BCUT2D eigenvalue weighted by atomic mass is 10.1. The number of nitrogens with one attached hydrogen (secondary N) is 1. The van der Waals surface area contributed by atoms with Crippen LogP contribution in [0.5, 0.6) is 0 Å². The van der Waals surface area contributed by atoms with Crippen molar-refractivity contribution in [1.29, 1.82) is 0 Å². The summed E-state index contributed by atoms with van der Waals surface area (Å²) < 4.78 is 24.5. The molecule has 0 bridgehead atoms. The number of nitrogens with zero attached hydrogens (tertiary/aromatic N) is 4. The Morgan fingerprint density at radius 2 is 1.97 bits per heavy atom. The van der Waals surface area contributed by atoms with E-state index in [4.69, 9.17) is 5.14 Å². The van der Waals surface area contributed by atoms with Gasteiger partial charge in [0.25, 0.3) is 11.6 Å². The van der Waals surface area contributed by atoms with Crippen LogP contribution in [0.1, 0.15) is 21.5 Å². The molecular weight excluding hydrogens is 400 g/mol. The number of sulfonamides is 1. The van der Waals surface area contributed by atoms with Crippen LogP contribution in [0.3, 0.4) is 0 Å². The van der Waals surface area contributed by atoms with Crippen LogP contribution in [-0.2, 0) is 10.0 Å². The molecule has 12 heteroatoms. The largest absolute Gasteiger partial charge is 0.322 e. The lowest BCUT2D eigenvalue weighted by molar-refractivity contribution is -0.384. The first-order valence-corrected chi connectivity index (χ1v) is 9.71. The highest BCUT2D eigenvalue weighted by Gasteiger charge is 2.20. The molecule has 0 radical (unpaired) electrons. The normalized spacial score (nSPS) is 11.3. The van der Waals surface area contributed by atoms with Crippen LogP contribution < -0.4 is 10.5 Å². The van der Waals surface area contributed by atoms with Crippen molar-refractivity contribution in [2.45, 2.75) is 18.7 Å². The summed E-state index contributed by atoms with van der Waals surface area (Å²) in [5.41, 5.74) is 1.31. The molecule has 0 atom stereocenters. The van der Waals surface area contributed by atoms with Crippen molar-refractivity contribution in [3.63, 3.8) is 0 Å². The zero-order valence-electron chi connectivity index (χ0n) is 15.4. The number of carbonyl (C=O) groups is 1. The van der Waals surface area contributed by atoms with E-state index in [1.807, 2.05) is 0 Å². The van der Waals surface area contributed by atoms with E-state index in [9.17, 15) is 23.3 Å². The summed E-state index contributed by atoms with van der Waals surface area (Å²) in [6, 6.07) is 6.52. The number of benzene rings is 2. The van der Waals surface area contributed by atoms with Gasteiger partial charge in [-0.3, -0.25) is 14.9 Å². The van der Waals surface area contributed by atoms with Crippen LogP contribution in [0.2, 0.25) is 0 Å². The van der Waals surface area contributed by atoms with Gasteiger partial charge in [-0.25, -0.2) is 23.2 Å². The standard InChI is InChI=1S/C17H16N6O5S/c1-10-5-13(29(18,27)28)7-14(11(10)2)21-17(24)12-3-4-15(16(6-12)23(25)26)22-9-19-8-20-22/h3-9H,1-2H3,(H,21,24)(H2,18,27,28). The molecule has 0 spiro atoms. The van der Waals surface area contributed by atoms with Crippen LogP contribution in [-0.4, -0.2) is 34.0 Å². The molecule has 0 aliphatic carbocycles. The molecule has 0 saturated heterocycles. The highest BCUT2D eigenvalue weighted by Crippen LogP contribution is 2.26. The summed E-state index contributed by atoms with van der Waals surface area (Å²) in [6.45, 7) is 3.38. The van der Waals surface area contributed by atoms with Gasteiger partial charge in [0.1, 0.15) is 18.3 Å². The third-order valence-corrected chi connectivity index (χ3v) is 5.21. The summed E-state index contributed by atoms with van der Waals surface area (Å²) in [7, 11) is -3.97. The number of amides is 1. The number of hydrogen-bond acceptors (Lipinski definition) is 7. The van der Waals surface area contributed by atoms with Crippen LogP contribution in [0.15, 0.2) is 47.9 Å². The maximum absolute atomic E-state index is 12.7. The number of aryl methyl sites for hydroxylation is 1. The molecule has 29 heavy (non-hydrogen) atoms. The molecule has 0 unspecified atom stereocenters. The van der Waals surface area contributed by atoms with E-state index in [-0.39, 0.29) is 27.5 Å². The Labute approximate surface area is 165 Å². The first-order chi connectivity index (χ1) is 13.6. The fourth-order valence-corrected chi connectivity index (χ4v) is 3.28. The van der Waals surface area contributed by atoms with Crippen molar-refractivity contribution in [2.24, 2.45) is 5.14 Å². The Kier molecular flexibility index (Phi) is 5.14. The minimum Gasteiger partial charge on any atom is -0.322 e. The number of nitrogens with two attached hydrogens (primary N) is 1. The van der Waals surface area contributed by atoms with Gasteiger partial charge in [-0.2, -0.15) is 5.10 Å². The number of primary sulfonamides is 1. The Balaban J connectivity index is 1.99. The van der Waals surface area contributed by atoms with Crippen LogP contribution in [0.4, 0.5) is 11.4 Å². The molecule has 11 nitrogen and oxygen atoms in total. The second kappa shape index (κ2) is 7.41. The average molecular weight is 416 g/mol. The number of carbonyl (C=O) groups excluding carboxylic acids is 1. The van der Waals surface area contributed by atoms with E-state index < -0.39 is 20.9 Å². The highest BCUT2D eigenvalue weighted by atomic mass is 32.2. The predicted molar refractivity (Wildman–Crippen MR) is 103 cm³/mol. The second-order valence-electron chi connectivity index (χ2n) is 6.21. The van der Waals surface area contributed by atoms with Gasteiger partial charge >= 0.3 is 0 Å². The third-order valence-electron chi connectivity index (χ3n) is 4.32. The molecule has 3 rings (SSSR count). The fourth-order valence-electron chi connectivity index (χ4n) is 2.65. The molecule has 3 N–H and O–H groups in total. The lowest BCUT2D eigenvalue weighted by Crippen LogP contribution is -2.17. The van der Waals surface area contributed by atoms with Gasteiger partial charge in [-0.1, -0.05) is 0 Å². The van der Waals surface area contributed by atoms with Crippen molar-refractivity contribution in [2.75, 3.05) is 5.32 Å². The van der Waals surface area contributed by atoms with E-state index in [2.05, 4.69) is 15.4 Å². The van der Waals surface area contributed by atoms with Gasteiger partial charge in [0.2, 0.25) is 10.0 Å². The molecule has 0 aliphatic rings. The van der Waals surface area contributed by atoms with Gasteiger partial charge in [-0.05, 0) is 49.2 Å². The van der Waals surface area contributed by atoms with Gasteiger partial charge in [0, 0.05) is 17.3 Å². The van der Waals surface area contributed by atoms with Crippen LogP contribution in [0.25, 0.3) is 5.69 Å². The summed E-state index contributed by atoms with van der Waals surface area (Å²) in [6.07, 6.45) is 2.53. The maximum atomic E-state index is 12.7. The quantitative estimate of drug-likeness (QED) is 0.472. The molecule has 1 amide bonds. The van der Waals surface area contributed by atoms with Gasteiger partial charge in [-0.15, -0.1) is 0 Å². The van der Waals surface area contributed by atoms with E-state index in [1.165, 1.54) is 41.6 Å². The number of nitro groups is 1. The predicted octanol–water partition coefficient (Wildman–Crippen LogP) is 1.69. The van der Waals surface area contributed by atoms with Crippen molar-refractivity contribution in [3.05, 3.63) is 69.8 Å². The molecule has 0 fully saturated rings. The lowest BCUT2D eigenvalue weighted by Gasteiger charge is -2.13. The van der Waals surface area contributed by atoms with E-state index in [0.717, 1.165) is 6.07 Å². The minimum atomic E-state index is -3.97. The number of aromatic nitrogens is 3. The Bertz CT molecular complexity index is 1220. The third kappa shape index (κ3) is 4.12. The molecule has 150 valence electrons. The van der Waals surface area contributed by atoms with E-state index in [0.29, 0.717) is 11.1 Å². The Morgan fingerprint density at radius 1 is 1.24 bits per heavy atom. The van der Waals surface area contributed by atoms with Crippen molar-refractivity contribution in [1.82, 2.24) is 14.8 Å². The van der Waals surface area contributed by atoms with E-state index in [1.54, 1.807) is 13.8 Å². The van der Waals surface area contributed by atoms with Crippen molar-refractivity contribution < 1.29 is 18.1 Å². The van der Waals surface area contributed by atoms with Crippen LogP contribution >= 0.6 is 0 Å². The van der Waals surface area contributed by atoms with Crippen LogP contribution in [0, 0.1) is 24.0 Å². The summed E-state index contributed by atoms with van der Waals surface area (Å²) in [5, 5.41) is 23.1. The molecular formula is C17H16N6O5S. The molecule has 0 aliphatic heterocycles. The summed E-state index contributed by atoms with van der Waals surface area (Å²) >= 11 is 0. The molecule has 3 aromatic rings. The van der Waals surface area contributed by atoms with Gasteiger partial charge in [0.05, 0.1) is 9.82 Å². The van der Waals surface area contributed by atoms with Gasteiger partial charge in [0.15, 0.2) is 0 Å². The zero-order valence-corrected chi connectivity index (χ0v) is 16.2. The number of nitro benzene ring substituents is 1. The highest BCUT2D eigenvalue weighted by molar-refractivity contribution is 7.89. The Hall–Kier alpha value is -3.64. The SMILES string of the molecule is Cc1cc(S(N)(=O)=O)cc(NC(=O)c2ccc(-n3cncn3)c([N+](=O)[O-])c2)c1C. The van der Waals surface area contributed by atoms with Crippen molar-refractivity contribution >= 4 is 27.3 Å². The second-order valence-corrected chi connectivity index (χ2v) is 7.77. The first kappa shape index (κ1) is 20.1. The number of anilines is 1. The number of hydrogen-bond donors (Lipinski definition) is 2. The molecule has 1 aromatic heterocycles. The smallest absolute Gasteiger partial charge is 0.295 e. The van der Waals surface area contributed by atoms with E-state index >= 15 is 0 Å². The molecule has 0 saturated carbocycles. The molecule has 1 heterocycles. The Morgan fingerprint density at radius 3 is 2.55 bits per heavy atom. The fraction of sp³-hybridized carbons (Fsp3) is 0.118. The minimum absolute atomic E-state index is 0.0126. The van der Waals surface area contributed by atoms with Crippen molar-refractivity contribution in [3.8, 4) is 5.69 Å². The summed E-state index contributed by atoms with van der Waals surface area (Å²) in [4.78, 5) is 27.1. The number of rotatable bonds is 5. The topological polar surface area (TPSA) is 163 Å². The molecule has 2 aromatic carbocycles. The average Bonchev–Trinajstić information content (AvgIpc) is 3.18. The maximum Gasteiger partial charge on any atom is 0.295 e. The zero-order chi connectivity index (χ0) is 21.3. The monoisotopic (exact) mass is 416 g/mol.